The molecular weight excluding hydrogens is 634 g/mol. The number of aromatic nitrogens is 4. The number of alkyl halides is 1. The molecule has 0 aliphatic carbocycles. The number of halogens is 1. The van der Waals surface area contributed by atoms with Gasteiger partial charge in [-0.2, -0.15) is 0 Å². The van der Waals surface area contributed by atoms with Crippen molar-refractivity contribution in [3.63, 3.8) is 0 Å². The van der Waals surface area contributed by atoms with Crippen LogP contribution in [0.4, 0.5) is 23.1 Å². The number of morpholine rings is 1. The summed E-state index contributed by atoms with van der Waals surface area (Å²) >= 11 is 5.67. The number of amides is 1. The summed E-state index contributed by atoms with van der Waals surface area (Å²) in [7, 11) is -1.63. The summed E-state index contributed by atoms with van der Waals surface area (Å²) in [5, 5.41) is 8.89. The number of aliphatic imine (C=N–C) groups is 1. The molecule has 46 heavy (non-hydrogen) atoms. The highest BCUT2D eigenvalue weighted by Gasteiger charge is 2.28. The Kier molecular flexibility index (Phi) is 11.0. The molecule has 0 bridgehead atoms. The molecule has 5 rings (SSSR count). The topological polar surface area (TPSA) is 175 Å². The van der Waals surface area contributed by atoms with Crippen LogP contribution in [-0.4, -0.2) is 96.7 Å². The smallest absolute Gasteiger partial charge is 0.277 e. The van der Waals surface area contributed by atoms with Crippen LogP contribution in [0.1, 0.15) is 42.2 Å². The molecule has 1 amide bonds. The van der Waals surface area contributed by atoms with E-state index in [4.69, 9.17) is 36.5 Å². The lowest BCUT2D eigenvalue weighted by Gasteiger charge is -2.29. The fraction of sp³-hybridized carbons (Fsp3) is 0.467. The molecule has 14 nitrogen and oxygen atoms in total. The van der Waals surface area contributed by atoms with E-state index in [1.807, 2.05) is 24.1 Å². The molecule has 3 aromatic rings. The van der Waals surface area contributed by atoms with Gasteiger partial charge in [-0.05, 0) is 55.9 Å². The number of anilines is 3. The van der Waals surface area contributed by atoms with Crippen molar-refractivity contribution in [1.82, 2.24) is 25.4 Å². The maximum atomic E-state index is 12.3. The van der Waals surface area contributed by atoms with Crippen molar-refractivity contribution in [2.24, 2.45) is 10.9 Å². The summed E-state index contributed by atoms with van der Waals surface area (Å²) in [5.41, 5.74) is 5.50. The number of hydrogen-bond acceptors (Lipinski definition) is 12. The van der Waals surface area contributed by atoms with Gasteiger partial charge in [0.15, 0.2) is 11.6 Å². The second-order valence-electron chi connectivity index (χ2n) is 11.1. The molecule has 0 spiro atoms. The highest BCUT2D eigenvalue weighted by molar-refractivity contribution is 7.92. The third-order valence-corrected chi connectivity index (χ3v) is 9.54. The van der Waals surface area contributed by atoms with E-state index < -0.39 is 15.9 Å². The average molecular weight is 672 g/mol. The van der Waals surface area contributed by atoms with Crippen LogP contribution in [0, 0.1) is 5.92 Å². The number of carbonyl (C=O) groups excluding carboxylic acids is 1. The summed E-state index contributed by atoms with van der Waals surface area (Å²) in [6.45, 7) is 5.07. The van der Waals surface area contributed by atoms with Crippen LogP contribution in [0.3, 0.4) is 0 Å². The Balaban J connectivity index is 1.47. The summed E-state index contributed by atoms with van der Waals surface area (Å²) in [6, 6.07) is 7.05. The largest absolute Gasteiger partial charge is 0.378 e. The number of sulfonamides is 1. The van der Waals surface area contributed by atoms with Gasteiger partial charge in [-0.1, -0.05) is 6.92 Å². The van der Waals surface area contributed by atoms with Crippen LogP contribution in [0.2, 0.25) is 0 Å². The minimum absolute atomic E-state index is 0.0468. The van der Waals surface area contributed by atoms with Crippen LogP contribution in [0.5, 0.6) is 0 Å². The number of nitrogens with one attached hydrogen (secondary N) is 2. The van der Waals surface area contributed by atoms with Gasteiger partial charge in [0.25, 0.3) is 5.91 Å². The zero-order valence-corrected chi connectivity index (χ0v) is 27.4. The van der Waals surface area contributed by atoms with Gasteiger partial charge in [0.1, 0.15) is 5.69 Å². The van der Waals surface area contributed by atoms with E-state index in [0.29, 0.717) is 63.1 Å². The minimum atomic E-state index is -3.49. The number of benzene rings is 1. The first-order valence-corrected chi connectivity index (χ1v) is 17.4. The van der Waals surface area contributed by atoms with E-state index in [1.54, 1.807) is 17.6 Å². The number of ether oxygens (including phenoxy) is 1. The summed E-state index contributed by atoms with van der Waals surface area (Å²) in [4.78, 5) is 39.6. The first-order valence-electron chi connectivity index (χ1n) is 15.2. The van der Waals surface area contributed by atoms with Crippen molar-refractivity contribution in [3.05, 3.63) is 47.9 Å². The first-order chi connectivity index (χ1) is 22.2. The molecule has 0 radical (unpaired) electrons. The van der Waals surface area contributed by atoms with Crippen molar-refractivity contribution < 1.29 is 23.2 Å². The molecular formula is C30H38ClN9O5S. The lowest BCUT2D eigenvalue weighted by atomic mass is 9.94. The van der Waals surface area contributed by atoms with Gasteiger partial charge in [-0.25, -0.2) is 38.8 Å². The Morgan fingerprint density at radius 3 is 2.52 bits per heavy atom. The molecule has 2 aliphatic rings. The Labute approximate surface area is 273 Å². The highest BCUT2D eigenvalue weighted by Crippen LogP contribution is 2.37. The molecule has 1 saturated heterocycles. The molecule has 1 aromatic carbocycles. The predicted molar refractivity (Wildman–Crippen MR) is 177 cm³/mol. The summed E-state index contributed by atoms with van der Waals surface area (Å²) in [6.07, 6.45) is 5.52. The first kappa shape index (κ1) is 33.4. The molecule has 2 aromatic heterocycles. The Morgan fingerprint density at radius 1 is 1.15 bits per heavy atom. The van der Waals surface area contributed by atoms with Gasteiger partial charge in [0.05, 0.1) is 36.8 Å². The molecule has 4 heterocycles. The van der Waals surface area contributed by atoms with Gasteiger partial charge in [-0.15, -0.1) is 11.6 Å². The molecule has 1 atom stereocenters. The average Bonchev–Trinajstić information content (AvgIpc) is 3.25. The van der Waals surface area contributed by atoms with E-state index in [9.17, 15) is 13.2 Å². The normalized spacial score (nSPS) is 16.7. The Morgan fingerprint density at radius 2 is 1.87 bits per heavy atom. The number of carbonyl (C=O) groups is 1. The zero-order chi connectivity index (χ0) is 32.7. The van der Waals surface area contributed by atoms with Gasteiger partial charge >= 0.3 is 0 Å². The molecule has 1 fully saturated rings. The van der Waals surface area contributed by atoms with E-state index >= 15 is 0 Å². The second kappa shape index (κ2) is 15.1. The van der Waals surface area contributed by atoms with Crippen molar-refractivity contribution in [2.45, 2.75) is 32.6 Å². The maximum absolute atomic E-state index is 12.3. The number of nitrogens with zero attached hydrogens (tertiary/aromatic N) is 7. The van der Waals surface area contributed by atoms with Crippen molar-refractivity contribution in [2.75, 3.05) is 66.1 Å². The molecule has 246 valence electrons. The van der Waals surface area contributed by atoms with Gasteiger partial charge in [-0.3, -0.25) is 14.7 Å². The van der Waals surface area contributed by atoms with Crippen LogP contribution in [0.25, 0.3) is 11.4 Å². The molecule has 1 unspecified atom stereocenters. The number of hydroxylamine groups is 1. The van der Waals surface area contributed by atoms with Gasteiger partial charge < -0.3 is 14.5 Å². The molecule has 3 N–H and O–H groups in total. The van der Waals surface area contributed by atoms with E-state index in [-0.39, 0.29) is 23.1 Å². The van der Waals surface area contributed by atoms with E-state index in [1.165, 1.54) is 12.4 Å². The predicted octanol–water partition coefficient (Wildman–Crippen LogP) is 3.44. The third kappa shape index (κ3) is 8.07. The quantitative estimate of drug-likeness (QED) is 0.146. The van der Waals surface area contributed by atoms with Crippen LogP contribution in [-0.2, 0) is 21.2 Å². The monoisotopic (exact) mass is 671 g/mol. The zero-order valence-electron chi connectivity index (χ0n) is 25.8. The Bertz CT molecular complexity index is 1650. The summed E-state index contributed by atoms with van der Waals surface area (Å²) < 4.78 is 32.9. The fourth-order valence-electron chi connectivity index (χ4n) is 5.39. The second-order valence-corrected chi connectivity index (χ2v) is 13.3. The number of hydrogen-bond donors (Lipinski definition) is 3. The van der Waals surface area contributed by atoms with Gasteiger partial charge in [0, 0.05) is 55.4 Å². The standard InChI is InChI=1S/C30H38ClN9O5S/c1-3-20-7-10-24-26(34-25(20)19-39(2)30-32-17-22(18-33-30)29(41)37-42)28(40-12-14-45-15-13-40)36-27(35-24)21-5-8-23(9-6-21)38-46(43,44)16-4-11-31/h5-6,8-9,17-18,20,38,42H,3-4,7,10-16,19H2,1-2H3,(H,37,41). The van der Waals surface area contributed by atoms with Crippen LogP contribution >= 0.6 is 11.6 Å². The number of fused-ring (bicyclic) bond motifs is 1. The van der Waals surface area contributed by atoms with E-state index in [0.717, 1.165) is 41.3 Å². The number of aryl methyl sites for hydroxylation is 1. The lowest BCUT2D eigenvalue weighted by molar-refractivity contribution is 0.0705. The Hall–Kier alpha value is -3.92. The number of rotatable bonds is 12. The lowest BCUT2D eigenvalue weighted by Crippen LogP contribution is -2.37. The van der Waals surface area contributed by atoms with E-state index in [2.05, 4.69) is 26.5 Å². The van der Waals surface area contributed by atoms with Crippen LogP contribution in [0.15, 0.2) is 41.7 Å². The highest BCUT2D eigenvalue weighted by atomic mass is 35.5. The SMILES string of the molecule is CCC1CCc2nc(-c3ccc(NS(=O)(=O)CCCCl)cc3)nc(N3CCOCC3)c2N=C1CN(C)c1ncc(C(=O)NO)cn1. The molecule has 0 saturated carbocycles. The maximum Gasteiger partial charge on any atom is 0.277 e. The fourth-order valence-corrected chi connectivity index (χ4v) is 6.81. The van der Waals surface area contributed by atoms with Crippen molar-refractivity contribution >= 4 is 56.4 Å². The minimum Gasteiger partial charge on any atom is -0.378 e. The van der Waals surface area contributed by atoms with Crippen molar-refractivity contribution in [3.8, 4) is 11.4 Å². The van der Waals surface area contributed by atoms with Crippen LogP contribution < -0.4 is 20.0 Å². The van der Waals surface area contributed by atoms with Crippen molar-refractivity contribution in [1.29, 1.82) is 0 Å². The molecule has 2 aliphatic heterocycles. The third-order valence-electron chi connectivity index (χ3n) is 7.90. The summed E-state index contributed by atoms with van der Waals surface area (Å²) in [5.74, 6) is 1.43. The molecule has 16 heteroatoms. The van der Waals surface area contributed by atoms with Gasteiger partial charge in [0.2, 0.25) is 16.0 Å².